The number of carbonyl (C=O) groups excluding carboxylic acids is 1. The van der Waals surface area contributed by atoms with E-state index in [1.165, 1.54) is 7.11 Å². The molecule has 2 rings (SSSR count). The summed E-state index contributed by atoms with van der Waals surface area (Å²) < 4.78 is 10.5. The summed E-state index contributed by atoms with van der Waals surface area (Å²) in [6.07, 6.45) is -0.161. The summed E-state index contributed by atoms with van der Waals surface area (Å²) in [5.74, 6) is 0.0615. The lowest BCUT2D eigenvalue weighted by Crippen LogP contribution is -2.07. The number of ether oxygens (including phenoxy) is 2. The predicted molar refractivity (Wildman–Crippen MR) is 77.7 cm³/mol. The minimum absolute atomic E-state index is 0.161. The van der Waals surface area contributed by atoms with Crippen molar-refractivity contribution in [1.29, 1.82) is 0 Å². The number of hydrogen-bond donors (Lipinski definition) is 1. The Morgan fingerprint density at radius 2 is 1.85 bits per heavy atom. The average molecular weight is 271 g/mol. The van der Waals surface area contributed by atoms with Gasteiger partial charge in [-0.15, -0.1) is 0 Å². The molecule has 0 saturated heterocycles. The molecule has 0 bridgehead atoms. The molecular formula is C16H17NO3. The molecule has 1 unspecified atom stereocenters. The third-order valence-electron chi connectivity index (χ3n) is 3.01. The zero-order valence-corrected chi connectivity index (χ0v) is 11.5. The first-order valence-electron chi connectivity index (χ1n) is 6.31. The quantitative estimate of drug-likeness (QED) is 0.685. The molecule has 4 nitrogen and oxygen atoms in total. The van der Waals surface area contributed by atoms with Crippen LogP contribution in [0.25, 0.3) is 0 Å². The Bertz CT molecular complexity index is 596. The van der Waals surface area contributed by atoms with Gasteiger partial charge < -0.3 is 15.2 Å². The highest BCUT2D eigenvalue weighted by Gasteiger charge is 2.12. The highest BCUT2D eigenvalue weighted by Crippen LogP contribution is 2.28. The normalized spacial score (nSPS) is 11.7. The molecule has 104 valence electrons. The fraction of sp³-hybridized carbons (Fsp3) is 0.188. The summed E-state index contributed by atoms with van der Waals surface area (Å²) >= 11 is 0. The third-order valence-corrected chi connectivity index (χ3v) is 3.01. The number of anilines is 1. The van der Waals surface area contributed by atoms with E-state index in [2.05, 4.69) is 4.74 Å². The monoisotopic (exact) mass is 271 g/mol. The van der Waals surface area contributed by atoms with Gasteiger partial charge >= 0.3 is 5.97 Å². The van der Waals surface area contributed by atoms with Crippen LogP contribution in [-0.2, 0) is 4.74 Å². The molecule has 0 aromatic heterocycles. The zero-order chi connectivity index (χ0) is 14.5. The summed E-state index contributed by atoms with van der Waals surface area (Å²) in [4.78, 5) is 11.5. The van der Waals surface area contributed by atoms with Crippen LogP contribution in [0.3, 0.4) is 0 Å². The largest absolute Gasteiger partial charge is 0.484 e. The van der Waals surface area contributed by atoms with Crippen LogP contribution in [0.4, 0.5) is 5.69 Å². The van der Waals surface area contributed by atoms with E-state index in [1.54, 1.807) is 18.2 Å². The molecule has 2 aromatic carbocycles. The molecule has 0 aliphatic carbocycles. The molecule has 2 N–H and O–H groups in total. The molecule has 0 fully saturated rings. The van der Waals surface area contributed by atoms with Gasteiger partial charge in [-0.25, -0.2) is 4.79 Å². The number of nitrogen functional groups attached to an aromatic ring is 1. The first-order valence-corrected chi connectivity index (χ1v) is 6.31. The maximum Gasteiger partial charge on any atom is 0.337 e. The number of carbonyl (C=O) groups is 1. The van der Waals surface area contributed by atoms with Crippen molar-refractivity contribution < 1.29 is 14.3 Å². The van der Waals surface area contributed by atoms with Gasteiger partial charge in [0.2, 0.25) is 0 Å². The molecule has 4 heteroatoms. The summed E-state index contributed by atoms with van der Waals surface area (Å²) in [6, 6.07) is 14.6. The topological polar surface area (TPSA) is 61.5 Å². The van der Waals surface area contributed by atoms with E-state index in [4.69, 9.17) is 10.5 Å². The fourth-order valence-corrected chi connectivity index (χ4v) is 1.86. The lowest BCUT2D eigenvalue weighted by Gasteiger charge is -2.17. The molecule has 0 saturated carbocycles. The van der Waals surface area contributed by atoms with Crippen molar-refractivity contribution in [3.63, 3.8) is 0 Å². The van der Waals surface area contributed by atoms with Crippen LogP contribution in [0.1, 0.15) is 28.9 Å². The van der Waals surface area contributed by atoms with Gasteiger partial charge in [0.1, 0.15) is 11.9 Å². The van der Waals surface area contributed by atoms with Crippen molar-refractivity contribution in [3.8, 4) is 5.75 Å². The summed E-state index contributed by atoms with van der Waals surface area (Å²) in [5.41, 5.74) is 7.82. The number of esters is 1. The van der Waals surface area contributed by atoms with Gasteiger partial charge in [-0.2, -0.15) is 0 Å². The molecule has 20 heavy (non-hydrogen) atoms. The van der Waals surface area contributed by atoms with Crippen molar-refractivity contribution in [1.82, 2.24) is 0 Å². The first-order chi connectivity index (χ1) is 9.61. The maximum absolute atomic E-state index is 11.5. The van der Waals surface area contributed by atoms with Crippen molar-refractivity contribution >= 4 is 11.7 Å². The highest BCUT2D eigenvalue weighted by molar-refractivity contribution is 5.90. The number of benzene rings is 2. The lowest BCUT2D eigenvalue weighted by molar-refractivity contribution is 0.0600. The van der Waals surface area contributed by atoms with E-state index in [9.17, 15) is 4.79 Å². The fourth-order valence-electron chi connectivity index (χ4n) is 1.86. The minimum atomic E-state index is -0.415. The Hall–Kier alpha value is -2.49. The molecule has 0 aliphatic heterocycles. The molecule has 0 amide bonds. The lowest BCUT2D eigenvalue weighted by atomic mass is 10.1. The van der Waals surface area contributed by atoms with Crippen molar-refractivity contribution in [2.24, 2.45) is 0 Å². The summed E-state index contributed by atoms with van der Waals surface area (Å²) in [6.45, 7) is 1.93. The van der Waals surface area contributed by atoms with Crippen LogP contribution >= 0.6 is 0 Å². The van der Waals surface area contributed by atoms with E-state index < -0.39 is 5.97 Å². The van der Waals surface area contributed by atoms with Crippen molar-refractivity contribution in [3.05, 3.63) is 59.7 Å². The maximum atomic E-state index is 11.5. The van der Waals surface area contributed by atoms with E-state index in [1.807, 2.05) is 37.3 Å². The van der Waals surface area contributed by atoms with Gasteiger partial charge in [-0.05, 0) is 30.7 Å². The van der Waals surface area contributed by atoms with Crippen LogP contribution in [0, 0.1) is 0 Å². The second-order valence-electron chi connectivity index (χ2n) is 4.41. The smallest absolute Gasteiger partial charge is 0.337 e. The molecule has 1 atom stereocenters. The number of nitrogens with two attached hydrogens (primary N) is 1. The molecule has 0 heterocycles. The number of rotatable bonds is 4. The zero-order valence-electron chi connectivity index (χ0n) is 11.5. The Kier molecular flexibility index (Phi) is 4.25. The van der Waals surface area contributed by atoms with Crippen LogP contribution in [-0.4, -0.2) is 13.1 Å². The second-order valence-corrected chi connectivity index (χ2v) is 4.41. The van der Waals surface area contributed by atoms with Crippen molar-refractivity contribution in [2.45, 2.75) is 13.0 Å². The second kappa shape index (κ2) is 6.10. The molecule has 0 radical (unpaired) electrons. The van der Waals surface area contributed by atoms with Gasteiger partial charge in [0, 0.05) is 0 Å². The Morgan fingerprint density at radius 1 is 1.15 bits per heavy atom. The predicted octanol–water partition coefficient (Wildman–Crippen LogP) is 3.20. The van der Waals surface area contributed by atoms with Gasteiger partial charge in [0.25, 0.3) is 0 Å². The highest BCUT2D eigenvalue weighted by atomic mass is 16.5. The van der Waals surface area contributed by atoms with Crippen LogP contribution < -0.4 is 10.5 Å². The summed E-state index contributed by atoms with van der Waals surface area (Å²) in [7, 11) is 1.34. The first kappa shape index (κ1) is 13.9. The van der Waals surface area contributed by atoms with E-state index in [0.29, 0.717) is 17.0 Å². The molecular weight excluding hydrogens is 254 g/mol. The molecule has 0 aliphatic rings. The molecule has 0 spiro atoms. The average Bonchev–Trinajstić information content (AvgIpc) is 2.49. The number of hydrogen-bond acceptors (Lipinski definition) is 4. The standard InChI is InChI=1S/C16H17NO3/c1-11(12-6-4-3-5-7-12)20-15-10-13(16(18)19-2)8-9-14(15)17/h3-11H,17H2,1-2H3. The van der Waals surface area contributed by atoms with Crippen LogP contribution in [0.2, 0.25) is 0 Å². The Morgan fingerprint density at radius 3 is 2.50 bits per heavy atom. The van der Waals surface area contributed by atoms with E-state index in [0.717, 1.165) is 5.56 Å². The van der Waals surface area contributed by atoms with Gasteiger partial charge in [-0.3, -0.25) is 0 Å². The van der Waals surface area contributed by atoms with Gasteiger partial charge in [-0.1, -0.05) is 30.3 Å². The SMILES string of the molecule is COC(=O)c1ccc(N)c(OC(C)c2ccccc2)c1. The van der Waals surface area contributed by atoms with Gasteiger partial charge in [0.15, 0.2) is 0 Å². The molecule has 2 aromatic rings. The van der Waals surface area contributed by atoms with Crippen LogP contribution in [0.5, 0.6) is 5.75 Å². The minimum Gasteiger partial charge on any atom is -0.484 e. The van der Waals surface area contributed by atoms with E-state index >= 15 is 0 Å². The van der Waals surface area contributed by atoms with E-state index in [-0.39, 0.29) is 6.10 Å². The van der Waals surface area contributed by atoms with Crippen LogP contribution in [0.15, 0.2) is 48.5 Å². The number of methoxy groups -OCH3 is 1. The third kappa shape index (κ3) is 3.09. The Labute approximate surface area is 118 Å². The van der Waals surface area contributed by atoms with Crippen molar-refractivity contribution in [2.75, 3.05) is 12.8 Å². The van der Waals surface area contributed by atoms with Gasteiger partial charge in [0.05, 0.1) is 18.4 Å². The Balaban J connectivity index is 2.22. The summed E-state index contributed by atoms with van der Waals surface area (Å²) in [5, 5.41) is 0.